The molecule has 0 radical (unpaired) electrons. The molecule has 9 heterocycles. The van der Waals surface area contributed by atoms with Crippen LogP contribution >= 0.6 is 0 Å². The van der Waals surface area contributed by atoms with Gasteiger partial charge in [-0.2, -0.15) is 0 Å². The van der Waals surface area contributed by atoms with Gasteiger partial charge in [0.05, 0.1) is 22.8 Å². The molecule has 6 aliphatic rings. The van der Waals surface area contributed by atoms with E-state index < -0.39 is 28.5 Å². The summed E-state index contributed by atoms with van der Waals surface area (Å²) in [7, 11) is -1.77. The number of hydrogen-bond acceptors (Lipinski definition) is 10. The molecule has 0 saturated carbocycles. The highest BCUT2D eigenvalue weighted by atomic mass is 16.6. The smallest absolute Gasteiger partial charge is 0.407 e. The van der Waals surface area contributed by atoms with Gasteiger partial charge < -0.3 is 47.2 Å². The van der Waals surface area contributed by atoms with E-state index in [1.807, 2.05) is 0 Å². The number of benzene rings is 4. The molecule has 8 bridgehead atoms. The van der Waals surface area contributed by atoms with E-state index in [-0.39, 0.29) is 21.7 Å². The highest BCUT2D eigenvalue weighted by Crippen LogP contribution is 2.39. The Balaban J connectivity index is 1.02. The van der Waals surface area contributed by atoms with Crippen LogP contribution in [-0.2, 0) is 37.2 Å². The second-order valence-corrected chi connectivity index (χ2v) is 25.5. The zero-order chi connectivity index (χ0) is 55.0. The quantitative estimate of drug-likeness (QED) is 0.142. The Labute approximate surface area is 470 Å². The number of aromatic amines is 2. The van der Waals surface area contributed by atoms with Crippen LogP contribution in [0.15, 0.2) is 121 Å². The van der Waals surface area contributed by atoms with Gasteiger partial charge in [-0.15, -0.1) is 0 Å². The molecule has 80 heavy (non-hydrogen) atoms. The van der Waals surface area contributed by atoms with Gasteiger partial charge in [0.2, 0.25) is 0 Å². The molecule has 16 heteroatoms. The van der Waals surface area contributed by atoms with Crippen molar-refractivity contribution in [1.82, 2.24) is 19.9 Å². The molecule has 4 fully saturated rings. The van der Waals surface area contributed by atoms with E-state index in [1.54, 1.807) is 0 Å². The Hall–Kier alpha value is -6.58. The molecule has 0 atom stereocenters. The van der Waals surface area contributed by atoms with E-state index in [0.29, 0.717) is 52.9 Å². The highest BCUT2D eigenvalue weighted by molar-refractivity contribution is 6.62. The maximum atomic E-state index is 6.24. The fourth-order valence-corrected chi connectivity index (χ4v) is 11.2. The highest BCUT2D eigenvalue weighted by Gasteiger charge is 2.37. The number of aromatic nitrogens is 4. The van der Waals surface area contributed by atoms with Gasteiger partial charge in [0.1, 0.15) is 0 Å². The van der Waals surface area contributed by atoms with Gasteiger partial charge in [-0.1, -0.05) is 152 Å². The molecule has 4 saturated heterocycles. The average Bonchev–Trinajstić information content (AvgIpc) is 4.32. The molecule has 7 aromatic rings. The molecule has 0 aliphatic carbocycles. The summed E-state index contributed by atoms with van der Waals surface area (Å²) >= 11 is 0. The van der Waals surface area contributed by atoms with Crippen LogP contribution in [0.1, 0.15) is 78.2 Å². The topological polar surface area (TPSA) is 131 Å². The number of H-pyrrole nitrogens is 2. The molecule has 12 nitrogen and oxygen atoms in total. The third-order valence-corrected chi connectivity index (χ3v) is 15.6. The predicted octanol–water partition coefficient (Wildman–Crippen LogP) is 10.4. The second kappa shape index (κ2) is 20.8. The van der Waals surface area contributed by atoms with Crippen molar-refractivity contribution < 1.29 is 37.2 Å². The normalized spacial score (nSPS) is 19.4. The van der Waals surface area contributed by atoms with Crippen LogP contribution in [0.4, 0.5) is 0 Å². The number of rotatable bonds is 8. The zero-order valence-corrected chi connectivity index (χ0v) is 47.0. The van der Waals surface area contributed by atoms with Gasteiger partial charge >= 0.3 is 28.5 Å². The van der Waals surface area contributed by atoms with Crippen molar-refractivity contribution in [2.24, 2.45) is 21.7 Å². The number of nitrogens with one attached hydrogen (secondary N) is 2. The van der Waals surface area contributed by atoms with Gasteiger partial charge in [0, 0.05) is 119 Å². The summed E-state index contributed by atoms with van der Waals surface area (Å²) in [6.07, 6.45) is 8.50. The van der Waals surface area contributed by atoms with Crippen molar-refractivity contribution in [2.45, 2.75) is 55.4 Å². The fourth-order valence-electron chi connectivity index (χ4n) is 11.2. The van der Waals surface area contributed by atoms with E-state index >= 15 is 0 Å². The first kappa shape index (κ1) is 52.8. The van der Waals surface area contributed by atoms with Crippen molar-refractivity contribution in [1.29, 1.82) is 0 Å². The summed E-state index contributed by atoms with van der Waals surface area (Å²) in [5, 5.41) is 0. The van der Waals surface area contributed by atoms with Crippen molar-refractivity contribution in [3.05, 3.63) is 144 Å². The van der Waals surface area contributed by atoms with Gasteiger partial charge in [-0.25, -0.2) is 9.97 Å². The molecule has 13 rings (SSSR count). The van der Waals surface area contributed by atoms with E-state index in [4.69, 9.17) is 47.2 Å². The lowest BCUT2D eigenvalue weighted by Gasteiger charge is -2.33. The van der Waals surface area contributed by atoms with Crippen molar-refractivity contribution in [3.8, 4) is 44.5 Å². The average molecular weight is 1060 g/mol. The summed E-state index contributed by atoms with van der Waals surface area (Å²) in [6, 6.07) is 42.6. The lowest BCUT2D eigenvalue weighted by Crippen LogP contribution is -2.47. The lowest BCUT2D eigenvalue weighted by molar-refractivity contribution is 0.0342. The number of hydrogen-bond donors (Lipinski definition) is 2. The molecular weight excluding hydrogens is 996 g/mol. The Bertz CT molecular complexity index is 3210. The van der Waals surface area contributed by atoms with Crippen molar-refractivity contribution in [3.63, 3.8) is 0 Å². The summed E-state index contributed by atoms with van der Waals surface area (Å²) in [5.41, 5.74) is 18.2. The van der Waals surface area contributed by atoms with Crippen LogP contribution in [0.25, 0.3) is 90.9 Å². The van der Waals surface area contributed by atoms with Crippen LogP contribution in [0.3, 0.4) is 0 Å². The van der Waals surface area contributed by atoms with Gasteiger partial charge in [0.15, 0.2) is 0 Å². The molecule has 6 aliphatic heterocycles. The van der Waals surface area contributed by atoms with Crippen LogP contribution < -0.4 is 21.9 Å². The predicted molar refractivity (Wildman–Crippen MR) is 325 cm³/mol. The van der Waals surface area contributed by atoms with Crippen molar-refractivity contribution in [2.75, 3.05) is 52.9 Å². The summed E-state index contributed by atoms with van der Waals surface area (Å²) in [5.74, 6) is 0. The maximum Gasteiger partial charge on any atom is 0.493 e. The third kappa shape index (κ3) is 10.8. The molecule has 0 unspecified atom stereocenters. The van der Waals surface area contributed by atoms with Crippen LogP contribution in [0.5, 0.6) is 0 Å². The zero-order valence-electron chi connectivity index (χ0n) is 47.0. The minimum atomic E-state index is -0.443. The summed E-state index contributed by atoms with van der Waals surface area (Å²) in [6.45, 7) is 22.2. The lowest BCUT2D eigenvalue weighted by atomic mass is 9.75. The van der Waals surface area contributed by atoms with Crippen LogP contribution in [-0.4, -0.2) is 101 Å². The van der Waals surface area contributed by atoms with Gasteiger partial charge in [-0.05, 0) is 92.7 Å². The largest absolute Gasteiger partial charge is 0.493 e. The Morgan fingerprint density at radius 1 is 0.287 bits per heavy atom. The fraction of sp³-hybridized carbons (Fsp3) is 0.312. The minimum Gasteiger partial charge on any atom is -0.407 e. The molecule has 2 N–H and O–H groups in total. The van der Waals surface area contributed by atoms with Gasteiger partial charge in [-0.3, -0.25) is 0 Å². The Kier molecular flexibility index (Phi) is 13.7. The van der Waals surface area contributed by atoms with Gasteiger partial charge in [0.25, 0.3) is 0 Å². The number of nitrogens with zero attached hydrogens (tertiary/aromatic N) is 2. The standard InChI is InChI=1S/C64H66B4N4O8/c1-61(2)33-73-65(74-34-61)45-17-9-41(10-18-45)57-49-25-27-51(69-49)58(42-11-19-46(20-12-42)66-75-35-62(3,4)36-76-66)53-29-31-55(71-53)60(44-15-23-48(24-16-44)68-79-39-64(7,8)40-80-68)56-32-30-54(72-56)59(52-28-26-50(57)70-52)43-13-21-47(22-14-43)67-77-37-63(5,6)38-78-67/h9-32,69,72H,33-40H2,1-8H3. The molecule has 4 aromatic carbocycles. The van der Waals surface area contributed by atoms with Crippen molar-refractivity contribution >= 4 is 96.7 Å². The van der Waals surface area contributed by atoms with Crippen LogP contribution in [0, 0.1) is 21.7 Å². The Morgan fingerprint density at radius 2 is 0.475 bits per heavy atom. The van der Waals surface area contributed by atoms with E-state index in [2.05, 4.69) is 211 Å². The van der Waals surface area contributed by atoms with E-state index in [9.17, 15) is 0 Å². The van der Waals surface area contributed by atoms with E-state index in [0.717, 1.165) is 111 Å². The summed E-state index contributed by atoms with van der Waals surface area (Å²) < 4.78 is 49.9. The molecule has 0 amide bonds. The van der Waals surface area contributed by atoms with Crippen LogP contribution in [0.2, 0.25) is 0 Å². The third-order valence-electron chi connectivity index (χ3n) is 15.6. The molecule has 3 aromatic heterocycles. The van der Waals surface area contributed by atoms with E-state index in [1.165, 1.54) is 0 Å². The second-order valence-electron chi connectivity index (χ2n) is 25.5. The number of fused-ring (bicyclic) bond motifs is 8. The maximum absolute atomic E-state index is 6.24. The monoisotopic (exact) mass is 1060 g/mol. The molecule has 402 valence electrons. The SMILES string of the molecule is CC1(C)COB(c2ccc(-c3c4nc(c(-c5ccc(B6OCC(C)(C)CO6)cc5)c5ccc([nH]5)c(-c5ccc(B6OCC(C)(C)CO6)cc5)c5nc(c(-c6ccc(B7OCC(C)(C)CO7)cc6)c6ccc3[nH]6)C=C5)C=C4)cc2)OC1. The molecule has 0 spiro atoms. The first-order chi connectivity index (χ1) is 38.5. The Morgan fingerprint density at radius 3 is 0.662 bits per heavy atom. The summed E-state index contributed by atoms with van der Waals surface area (Å²) in [4.78, 5) is 19.0. The first-order valence-electron chi connectivity index (χ1n) is 28.0. The minimum absolute atomic E-state index is 0.0455. The first-order valence-corrected chi connectivity index (χ1v) is 28.0. The molecular formula is C64H66B4N4O8.